The van der Waals surface area contributed by atoms with Crippen LogP contribution in [0.2, 0.25) is 0 Å². The summed E-state index contributed by atoms with van der Waals surface area (Å²) in [6.07, 6.45) is 0. The van der Waals surface area contributed by atoms with Crippen LogP contribution in [-0.2, 0) is 6.54 Å². The first kappa shape index (κ1) is 16.0. The Morgan fingerprint density at radius 3 is 2.42 bits per heavy atom. The number of hydrogen-bond acceptors (Lipinski definition) is 3. The molecule has 2 N–H and O–H groups in total. The zero-order chi connectivity index (χ0) is 14.6. The molecule has 3 nitrogen and oxygen atoms in total. The van der Waals surface area contributed by atoms with Crippen molar-refractivity contribution >= 4 is 0 Å². The molecule has 0 radical (unpaired) electrons. The number of benzene rings is 1. The number of methoxy groups -OCH3 is 1. The van der Waals surface area contributed by atoms with Crippen LogP contribution in [0.3, 0.4) is 0 Å². The maximum atomic E-state index is 5.80. The van der Waals surface area contributed by atoms with Crippen molar-refractivity contribution in [2.45, 2.75) is 34.2 Å². The zero-order valence-corrected chi connectivity index (χ0v) is 13.2. The van der Waals surface area contributed by atoms with E-state index in [4.69, 9.17) is 10.5 Å². The highest BCUT2D eigenvalue weighted by Crippen LogP contribution is 2.26. The fraction of sp³-hybridized carbons (Fsp3) is 0.625. The highest BCUT2D eigenvalue weighted by atomic mass is 16.5. The average Bonchev–Trinajstić information content (AvgIpc) is 2.31. The molecule has 0 atom stereocenters. The van der Waals surface area contributed by atoms with Crippen molar-refractivity contribution < 1.29 is 4.74 Å². The summed E-state index contributed by atoms with van der Waals surface area (Å²) in [4.78, 5) is 2.31. The number of rotatable bonds is 6. The van der Waals surface area contributed by atoms with E-state index in [0.29, 0.717) is 6.54 Å². The molecule has 0 aliphatic rings. The van der Waals surface area contributed by atoms with Crippen molar-refractivity contribution in [2.24, 2.45) is 11.1 Å². The Hall–Kier alpha value is -1.06. The van der Waals surface area contributed by atoms with E-state index >= 15 is 0 Å². The molecule has 0 aromatic heterocycles. The van der Waals surface area contributed by atoms with Gasteiger partial charge in [-0.25, -0.2) is 0 Å². The summed E-state index contributed by atoms with van der Waals surface area (Å²) in [5.41, 5.74) is 9.73. The van der Waals surface area contributed by atoms with Crippen LogP contribution in [0.1, 0.15) is 30.5 Å². The maximum Gasteiger partial charge on any atom is 0.123 e. The molecule has 108 valence electrons. The molecule has 19 heavy (non-hydrogen) atoms. The monoisotopic (exact) mass is 264 g/mol. The zero-order valence-electron chi connectivity index (χ0n) is 13.2. The van der Waals surface area contributed by atoms with Gasteiger partial charge in [-0.1, -0.05) is 19.9 Å². The standard InChI is InChI=1S/C16H28N2O/c1-12-7-13(2)14(15(8-12)19-6)9-18(5)11-16(3,4)10-17/h7-8H,9-11,17H2,1-6H3. The van der Waals surface area contributed by atoms with E-state index in [1.807, 2.05) is 0 Å². The minimum absolute atomic E-state index is 0.139. The molecule has 1 aromatic rings. The number of nitrogens with zero attached hydrogens (tertiary/aromatic N) is 1. The first-order chi connectivity index (χ1) is 8.79. The second-order valence-corrected chi connectivity index (χ2v) is 6.30. The molecule has 0 unspecified atom stereocenters. The van der Waals surface area contributed by atoms with E-state index in [2.05, 4.69) is 51.8 Å². The molecule has 0 saturated heterocycles. The summed E-state index contributed by atoms with van der Waals surface area (Å²) in [7, 11) is 3.87. The highest BCUT2D eigenvalue weighted by Gasteiger charge is 2.19. The van der Waals surface area contributed by atoms with Crippen molar-refractivity contribution in [1.82, 2.24) is 4.90 Å². The van der Waals surface area contributed by atoms with Crippen LogP contribution in [0, 0.1) is 19.3 Å². The third-order valence-corrected chi connectivity index (χ3v) is 3.47. The molecule has 1 aromatic carbocycles. The lowest BCUT2D eigenvalue weighted by atomic mass is 9.93. The van der Waals surface area contributed by atoms with Crippen LogP contribution in [0.25, 0.3) is 0 Å². The van der Waals surface area contributed by atoms with E-state index < -0.39 is 0 Å². The SMILES string of the molecule is COc1cc(C)cc(C)c1CN(C)CC(C)(C)CN. The lowest BCUT2D eigenvalue weighted by Crippen LogP contribution is -2.36. The first-order valence-electron chi connectivity index (χ1n) is 6.82. The van der Waals surface area contributed by atoms with Gasteiger partial charge in [-0.05, 0) is 50.0 Å². The quantitative estimate of drug-likeness (QED) is 0.858. The minimum atomic E-state index is 0.139. The van der Waals surface area contributed by atoms with Crippen LogP contribution in [0.4, 0.5) is 0 Å². The molecular formula is C16H28N2O. The molecule has 3 heteroatoms. The van der Waals surface area contributed by atoms with Gasteiger partial charge in [-0.2, -0.15) is 0 Å². The Morgan fingerprint density at radius 1 is 1.26 bits per heavy atom. The molecule has 0 saturated carbocycles. The summed E-state index contributed by atoms with van der Waals surface area (Å²) >= 11 is 0. The average molecular weight is 264 g/mol. The molecule has 0 bridgehead atoms. The molecule has 0 amide bonds. The van der Waals surface area contributed by atoms with E-state index in [-0.39, 0.29) is 5.41 Å². The van der Waals surface area contributed by atoms with Gasteiger partial charge in [0.25, 0.3) is 0 Å². The summed E-state index contributed by atoms with van der Waals surface area (Å²) in [5, 5.41) is 0. The Morgan fingerprint density at radius 2 is 1.89 bits per heavy atom. The predicted molar refractivity (Wildman–Crippen MR) is 81.6 cm³/mol. The number of nitrogens with two attached hydrogens (primary N) is 1. The number of ether oxygens (including phenoxy) is 1. The largest absolute Gasteiger partial charge is 0.496 e. The maximum absolute atomic E-state index is 5.80. The predicted octanol–water partition coefficient (Wildman–Crippen LogP) is 2.73. The van der Waals surface area contributed by atoms with Crippen molar-refractivity contribution in [1.29, 1.82) is 0 Å². The Bertz CT molecular complexity index is 427. The first-order valence-corrected chi connectivity index (χ1v) is 6.82. The van der Waals surface area contributed by atoms with Crippen LogP contribution in [-0.4, -0.2) is 32.1 Å². The van der Waals surface area contributed by atoms with E-state index in [1.165, 1.54) is 16.7 Å². The summed E-state index contributed by atoms with van der Waals surface area (Å²) in [5.74, 6) is 0.981. The topological polar surface area (TPSA) is 38.5 Å². The highest BCUT2D eigenvalue weighted by molar-refractivity contribution is 5.42. The van der Waals surface area contributed by atoms with Gasteiger partial charge in [-0.3, -0.25) is 0 Å². The second-order valence-electron chi connectivity index (χ2n) is 6.30. The van der Waals surface area contributed by atoms with Crippen LogP contribution in [0.5, 0.6) is 5.75 Å². The second kappa shape index (κ2) is 6.40. The van der Waals surface area contributed by atoms with Crippen molar-refractivity contribution in [3.63, 3.8) is 0 Å². The third-order valence-electron chi connectivity index (χ3n) is 3.47. The number of aryl methyl sites for hydroxylation is 2. The summed E-state index contributed by atoms with van der Waals surface area (Å²) in [6.45, 7) is 11.2. The lowest BCUT2D eigenvalue weighted by molar-refractivity contribution is 0.207. The van der Waals surface area contributed by atoms with Gasteiger partial charge in [0.05, 0.1) is 7.11 Å². The summed E-state index contributed by atoms with van der Waals surface area (Å²) in [6, 6.07) is 4.31. The van der Waals surface area contributed by atoms with Gasteiger partial charge in [0.15, 0.2) is 0 Å². The Balaban J connectivity index is 2.87. The van der Waals surface area contributed by atoms with Gasteiger partial charge in [0.2, 0.25) is 0 Å². The third kappa shape index (κ3) is 4.51. The number of hydrogen-bond donors (Lipinski definition) is 1. The lowest BCUT2D eigenvalue weighted by Gasteiger charge is -2.29. The normalized spacial score (nSPS) is 12.0. The molecule has 0 aliphatic heterocycles. The van der Waals surface area contributed by atoms with Gasteiger partial charge >= 0.3 is 0 Å². The van der Waals surface area contributed by atoms with E-state index in [1.54, 1.807) is 7.11 Å². The van der Waals surface area contributed by atoms with Gasteiger partial charge in [-0.15, -0.1) is 0 Å². The fourth-order valence-corrected chi connectivity index (χ4v) is 2.46. The molecule has 0 aliphatic carbocycles. The molecule has 0 spiro atoms. The van der Waals surface area contributed by atoms with Gasteiger partial charge < -0.3 is 15.4 Å². The van der Waals surface area contributed by atoms with Gasteiger partial charge in [0, 0.05) is 18.7 Å². The molecule has 0 heterocycles. The van der Waals surface area contributed by atoms with Gasteiger partial charge in [0.1, 0.15) is 5.75 Å². The molecule has 1 rings (SSSR count). The van der Waals surface area contributed by atoms with Crippen LogP contribution in [0.15, 0.2) is 12.1 Å². The summed E-state index contributed by atoms with van der Waals surface area (Å²) < 4.78 is 5.51. The van der Waals surface area contributed by atoms with E-state index in [9.17, 15) is 0 Å². The molecule has 0 fully saturated rings. The fourth-order valence-electron chi connectivity index (χ4n) is 2.46. The van der Waals surface area contributed by atoms with Crippen molar-refractivity contribution in [2.75, 3.05) is 27.2 Å². The minimum Gasteiger partial charge on any atom is -0.496 e. The van der Waals surface area contributed by atoms with Crippen LogP contribution < -0.4 is 10.5 Å². The van der Waals surface area contributed by atoms with Crippen LogP contribution >= 0.6 is 0 Å². The molecular weight excluding hydrogens is 236 g/mol. The smallest absolute Gasteiger partial charge is 0.123 e. The Kier molecular flexibility index (Phi) is 5.39. The Labute approximate surface area is 117 Å². The van der Waals surface area contributed by atoms with E-state index in [0.717, 1.165) is 18.8 Å². The van der Waals surface area contributed by atoms with Crippen molar-refractivity contribution in [3.05, 3.63) is 28.8 Å². The van der Waals surface area contributed by atoms with Crippen molar-refractivity contribution in [3.8, 4) is 5.75 Å².